The normalized spacial score (nSPS) is 14.3. The molecule has 2 heterocycles. The summed E-state index contributed by atoms with van der Waals surface area (Å²) < 4.78 is 62.1. The smallest absolute Gasteiger partial charge is 0.268 e. The fourth-order valence-electron chi connectivity index (χ4n) is 3.42. The monoisotopic (exact) mass is 448 g/mol. The minimum absolute atomic E-state index is 0.00479. The second-order valence-electron chi connectivity index (χ2n) is 7.42. The van der Waals surface area contributed by atoms with E-state index in [-0.39, 0.29) is 23.6 Å². The zero-order valence-corrected chi connectivity index (χ0v) is 17.7. The molecule has 3 aromatic rings. The van der Waals surface area contributed by atoms with E-state index in [1.165, 1.54) is 37.5 Å². The number of likely N-dealkylation sites (tertiary alicyclic amines) is 1. The van der Waals surface area contributed by atoms with Crippen molar-refractivity contribution in [1.82, 2.24) is 10.1 Å². The highest BCUT2D eigenvalue weighted by molar-refractivity contribution is 7.92. The Morgan fingerprint density at radius 3 is 2.65 bits per heavy atom. The summed E-state index contributed by atoms with van der Waals surface area (Å²) in [5, 5.41) is 6.42. The van der Waals surface area contributed by atoms with Crippen LogP contribution in [0.15, 0.2) is 52.1 Å². The third-order valence-corrected chi connectivity index (χ3v) is 6.66. The zero-order chi connectivity index (χ0) is 22.0. The number of rotatable bonds is 8. The van der Waals surface area contributed by atoms with Gasteiger partial charge in [0.1, 0.15) is 22.8 Å². The maximum absolute atomic E-state index is 14.9. The molecule has 164 valence electrons. The number of aromatic nitrogens is 1. The van der Waals surface area contributed by atoms with Crippen molar-refractivity contribution in [3.63, 3.8) is 0 Å². The van der Waals surface area contributed by atoms with Gasteiger partial charge < -0.3 is 9.84 Å². The van der Waals surface area contributed by atoms with E-state index in [0.717, 1.165) is 25.1 Å². The average molecular weight is 448 g/mol. The lowest BCUT2D eigenvalue weighted by atomic mass is 10.0. The molecular formula is C21H22F2N4O3S. The SMILES string of the molecule is Cc1ccc(NCc2c(F)cccc2CN2CCC2)c(S(=O)(=O)Nc2ccon2)c1F. The summed E-state index contributed by atoms with van der Waals surface area (Å²) in [5.41, 5.74) is 1.42. The number of halogens is 2. The average Bonchev–Trinajstić information content (AvgIpc) is 3.18. The molecule has 0 spiro atoms. The third-order valence-electron chi connectivity index (χ3n) is 5.25. The molecule has 0 unspecified atom stereocenters. The highest BCUT2D eigenvalue weighted by Crippen LogP contribution is 2.30. The van der Waals surface area contributed by atoms with Gasteiger partial charge in [0.05, 0.1) is 5.69 Å². The number of nitrogens with zero attached hydrogens (tertiary/aromatic N) is 2. The number of aryl methyl sites for hydroxylation is 1. The first kappa shape index (κ1) is 21.3. The summed E-state index contributed by atoms with van der Waals surface area (Å²) in [6.45, 7) is 4.00. The van der Waals surface area contributed by atoms with Crippen LogP contribution in [-0.2, 0) is 23.1 Å². The predicted octanol–water partition coefficient (Wildman–Crippen LogP) is 3.88. The highest BCUT2D eigenvalue weighted by atomic mass is 32.2. The van der Waals surface area contributed by atoms with Gasteiger partial charge in [-0.1, -0.05) is 23.4 Å². The molecule has 0 aliphatic carbocycles. The molecule has 1 fully saturated rings. The first-order valence-electron chi connectivity index (χ1n) is 9.80. The quantitative estimate of drug-likeness (QED) is 0.544. The Kier molecular flexibility index (Phi) is 5.92. The molecule has 2 N–H and O–H groups in total. The van der Waals surface area contributed by atoms with E-state index in [4.69, 9.17) is 0 Å². The van der Waals surface area contributed by atoms with Gasteiger partial charge in [-0.25, -0.2) is 17.2 Å². The lowest BCUT2D eigenvalue weighted by Gasteiger charge is -2.31. The molecule has 4 rings (SSSR count). The molecule has 7 nitrogen and oxygen atoms in total. The van der Waals surface area contributed by atoms with Crippen molar-refractivity contribution in [3.05, 3.63) is 71.0 Å². The van der Waals surface area contributed by atoms with Crippen LogP contribution in [0.2, 0.25) is 0 Å². The number of benzene rings is 2. The summed E-state index contributed by atoms with van der Waals surface area (Å²) in [6, 6.07) is 9.09. The van der Waals surface area contributed by atoms with Crippen LogP contribution in [-0.4, -0.2) is 31.6 Å². The van der Waals surface area contributed by atoms with E-state index in [0.29, 0.717) is 12.1 Å². The molecule has 10 heteroatoms. The number of hydrogen-bond acceptors (Lipinski definition) is 6. The molecule has 31 heavy (non-hydrogen) atoms. The molecule has 1 aromatic heterocycles. The largest absolute Gasteiger partial charge is 0.380 e. The van der Waals surface area contributed by atoms with E-state index in [1.807, 2.05) is 6.07 Å². The van der Waals surface area contributed by atoms with Crippen molar-refractivity contribution in [1.29, 1.82) is 0 Å². The van der Waals surface area contributed by atoms with Crippen LogP contribution in [0.1, 0.15) is 23.1 Å². The fraction of sp³-hybridized carbons (Fsp3) is 0.286. The minimum Gasteiger partial charge on any atom is -0.380 e. The Labute approximate surface area is 179 Å². The minimum atomic E-state index is -4.32. The van der Waals surface area contributed by atoms with Gasteiger partial charge in [-0.05, 0) is 49.7 Å². The second-order valence-corrected chi connectivity index (χ2v) is 9.04. The third kappa shape index (κ3) is 4.54. The molecule has 1 saturated heterocycles. The van der Waals surface area contributed by atoms with Crippen LogP contribution in [0.25, 0.3) is 0 Å². The Hall–Kier alpha value is -2.98. The Balaban J connectivity index is 1.64. The summed E-state index contributed by atoms with van der Waals surface area (Å²) in [5.74, 6) is -1.36. The number of anilines is 2. The maximum atomic E-state index is 14.9. The van der Waals surface area contributed by atoms with Gasteiger partial charge in [0.25, 0.3) is 10.0 Å². The van der Waals surface area contributed by atoms with E-state index < -0.39 is 26.6 Å². The van der Waals surface area contributed by atoms with Crippen molar-refractivity contribution in [3.8, 4) is 0 Å². The predicted molar refractivity (Wildman–Crippen MR) is 112 cm³/mol. The van der Waals surface area contributed by atoms with Crippen LogP contribution in [0.3, 0.4) is 0 Å². The van der Waals surface area contributed by atoms with Crippen LogP contribution >= 0.6 is 0 Å². The summed E-state index contributed by atoms with van der Waals surface area (Å²) in [6.07, 6.45) is 2.31. The van der Waals surface area contributed by atoms with E-state index in [2.05, 4.69) is 24.6 Å². The van der Waals surface area contributed by atoms with Gasteiger partial charge in [0.2, 0.25) is 0 Å². The fourth-order valence-corrected chi connectivity index (χ4v) is 4.73. The van der Waals surface area contributed by atoms with Crippen molar-refractivity contribution >= 4 is 21.5 Å². The van der Waals surface area contributed by atoms with E-state index in [9.17, 15) is 17.2 Å². The molecular weight excluding hydrogens is 426 g/mol. The van der Waals surface area contributed by atoms with E-state index >= 15 is 0 Å². The molecule has 1 aliphatic heterocycles. The van der Waals surface area contributed by atoms with Crippen molar-refractivity contribution in [2.24, 2.45) is 0 Å². The van der Waals surface area contributed by atoms with Crippen molar-refractivity contribution in [2.45, 2.75) is 31.3 Å². The maximum Gasteiger partial charge on any atom is 0.268 e. The summed E-state index contributed by atoms with van der Waals surface area (Å²) in [4.78, 5) is 1.64. The molecule has 0 atom stereocenters. The number of sulfonamides is 1. The Morgan fingerprint density at radius 2 is 1.97 bits per heavy atom. The van der Waals surface area contributed by atoms with Gasteiger partial charge in [0, 0.05) is 24.7 Å². The van der Waals surface area contributed by atoms with Crippen LogP contribution in [0, 0.1) is 18.6 Å². The highest BCUT2D eigenvalue weighted by Gasteiger charge is 2.26. The van der Waals surface area contributed by atoms with Gasteiger partial charge in [0.15, 0.2) is 5.82 Å². The molecule has 1 aliphatic rings. The molecule has 0 radical (unpaired) electrons. The van der Waals surface area contributed by atoms with E-state index in [1.54, 1.807) is 6.07 Å². The molecule has 2 aromatic carbocycles. The molecule has 0 bridgehead atoms. The van der Waals surface area contributed by atoms with Crippen LogP contribution in [0.4, 0.5) is 20.3 Å². The van der Waals surface area contributed by atoms with Crippen molar-refractivity contribution < 1.29 is 21.7 Å². The standard InChI is InChI=1S/C21H22F2N4O3S/c1-14-6-7-18(21(20(14)23)31(28,29)26-19-8-11-30-25-19)24-12-16-15(4-2-5-17(16)22)13-27-9-3-10-27/h2,4-8,11,24H,3,9-10,12-13H2,1H3,(H,25,26). The molecule has 0 saturated carbocycles. The Morgan fingerprint density at radius 1 is 1.16 bits per heavy atom. The van der Waals surface area contributed by atoms with Gasteiger partial charge in [-0.2, -0.15) is 0 Å². The second kappa shape index (κ2) is 8.64. The number of nitrogens with one attached hydrogen (secondary N) is 2. The van der Waals surface area contributed by atoms with Gasteiger partial charge in [-0.15, -0.1) is 0 Å². The molecule has 0 amide bonds. The summed E-state index contributed by atoms with van der Waals surface area (Å²) >= 11 is 0. The Bertz CT molecular complexity index is 1180. The first-order chi connectivity index (χ1) is 14.8. The first-order valence-corrected chi connectivity index (χ1v) is 11.3. The topological polar surface area (TPSA) is 87.5 Å². The van der Waals surface area contributed by atoms with Crippen molar-refractivity contribution in [2.75, 3.05) is 23.1 Å². The van der Waals surface area contributed by atoms with Gasteiger partial charge >= 0.3 is 0 Å². The lowest BCUT2D eigenvalue weighted by Crippen LogP contribution is -2.36. The van der Waals surface area contributed by atoms with Gasteiger partial charge in [-0.3, -0.25) is 9.62 Å². The zero-order valence-electron chi connectivity index (χ0n) is 16.9. The lowest BCUT2D eigenvalue weighted by molar-refractivity contribution is 0.172. The summed E-state index contributed by atoms with van der Waals surface area (Å²) in [7, 11) is -4.32. The van der Waals surface area contributed by atoms with Crippen LogP contribution in [0.5, 0.6) is 0 Å². The number of hydrogen-bond donors (Lipinski definition) is 2. The van der Waals surface area contributed by atoms with Crippen LogP contribution < -0.4 is 10.0 Å².